The normalized spacial score (nSPS) is 24.8. The van der Waals surface area contributed by atoms with Gasteiger partial charge in [0.1, 0.15) is 5.75 Å². The van der Waals surface area contributed by atoms with Crippen LogP contribution in [0.25, 0.3) is 0 Å². The van der Waals surface area contributed by atoms with Gasteiger partial charge in [-0.05, 0) is 68.8 Å². The minimum absolute atomic E-state index is 0.121. The molecule has 1 aromatic carbocycles. The Kier molecular flexibility index (Phi) is 8.84. The number of hydrogen-bond donors (Lipinski definition) is 0. The first-order valence-corrected chi connectivity index (χ1v) is 13.1. The van der Waals surface area contributed by atoms with Crippen LogP contribution >= 0.6 is 0 Å². The van der Waals surface area contributed by atoms with E-state index in [-0.39, 0.29) is 31.6 Å². The number of ether oxygens (including phenoxy) is 2. The van der Waals surface area contributed by atoms with Crippen LogP contribution in [-0.4, -0.2) is 22.2 Å². The van der Waals surface area contributed by atoms with Gasteiger partial charge in [0.25, 0.3) is 0 Å². The third-order valence-corrected chi connectivity index (χ3v) is 7.62. The van der Waals surface area contributed by atoms with Crippen LogP contribution in [0, 0.1) is 29.3 Å². The summed E-state index contributed by atoms with van der Waals surface area (Å²) in [5, 5.41) is 0. The lowest BCUT2D eigenvalue weighted by Gasteiger charge is -2.34. The second-order valence-electron chi connectivity index (χ2n) is 10.3. The van der Waals surface area contributed by atoms with Gasteiger partial charge in [0, 0.05) is 24.5 Å². The standard InChI is InChI=1S/C27H31F7N2O2/c1-2-3-16-4-6-17(7-5-16)18-14-35-25(36-15-18)27(33,34)37-20-10-8-19(9-11-20)26(31,32)38-21-12-22(28)24(30)23(29)13-21/h12-17,19-20H,2-11H2,1H3. The largest absolute Gasteiger partial charge is 0.432 e. The quantitative estimate of drug-likeness (QED) is 0.234. The summed E-state index contributed by atoms with van der Waals surface area (Å²) < 4.78 is 108. The fourth-order valence-corrected chi connectivity index (χ4v) is 5.50. The van der Waals surface area contributed by atoms with Gasteiger partial charge < -0.3 is 9.47 Å². The molecule has 2 fully saturated rings. The molecule has 4 nitrogen and oxygen atoms in total. The van der Waals surface area contributed by atoms with Crippen molar-refractivity contribution in [3.63, 3.8) is 0 Å². The maximum Gasteiger partial charge on any atom is 0.417 e. The van der Waals surface area contributed by atoms with Crippen molar-refractivity contribution in [2.75, 3.05) is 0 Å². The molecule has 0 radical (unpaired) electrons. The van der Waals surface area contributed by atoms with Gasteiger partial charge in [0.05, 0.1) is 12.0 Å². The Bertz CT molecular complexity index is 1040. The number of alkyl halides is 4. The van der Waals surface area contributed by atoms with Gasteiger partial charge in [0.15, 0.2) is 17.5 Å². The van der Waals surface area contributed by atoms with E-state index in [0.29, 0.717) is 18.1 Å². The smallest absolute Gasteiger partial charge is 0.417 e. The predicted octanol–water partition coefficient (Wildman–Crippen LogP) is 8.26. The van der Waals surface area contributed by atoms with Crippen LogP contribution in [0.3, 0.4) is 0 Å². The summed E-state index contributed by atoms with van der Waals surface area (Å²) in [6.07, 6.45) is -0.0356. The number of aromatic nitrogens is 2. The summed E-state index contributed by atoms with van der Waals surface area (Å²) in [5.74, 6) is -7.22. The van der Waals surface area contributed by atoms with E-state index in [4.69, 9.17) is 4.74 Å². The van der Waals surface area contributed by atoms with Crippen molar-refractivity contribution in [1.29, 1.82) is 0 Å². The summed E-state index contributed by atoms with van der Waals surface area (Å²) in [6.45, 7) is 2.17. The Labute approximate surface area is 217 Å². The molecule has 0 aliphatic heterocycles. The second-order valence-corrected chi connectivity index (χ2v) is 10.3. The SMILES string of the molecule is CCCC1CCC(c2cnc(C(F)(F)OC3CCC(C(F)(F)Oc4cc(F)c(F)c(F)c4)CC3)nc2)CC1. The molecule has 1 heterocycles. The van der Waals surface area contributed by atoms with Crippen molar-refractivity contribution < 1.29 is 40.2 Å². The van der Waals surface area contributed by atoms with Crippen molar-refractivity contribution in [3.05, 3.63) is 53.4 Å². The van der Waals surface area contributed by atoms with Gasteiger partial charge in [-0.15, -0.1) is 0 Å². The van der Waals surface area contributed by atoms with E-state index in [1.165, 1.54) is 18.8 Å². The Morgan fingerprint density at radius 2 is 1.42 bits per heavy atom. The highest BCUT2D eigenvalue weighted by molar-refractivity contribution is 5.25. The van der Waals surface area contributed by atoms with Crippen LogP contribution < -0.4 is 4.74 Å². The highest BCUT2D eigenvalue weighted by Crippen LogP contribution is 2.42. The Balaban J connectivity index is 1.29. The van der Waals surface area contributed by atoms with Gasteiger partial charge in [-0.1, -0.05) is 19.8 Å². The summed E-state index contributed by atoms with van der Waals surface area (Å²) in [6, 6.07) is 0.647. The highest BCUT2D eigenvalue weighted by atomic mass is 19.3. The third-order valence-electron chi connectivity index (χ3n) is 7.62. The number of halogens is 7. The van der Waals surface area contributed by atoms with Crippen LogP contribution in [0.15, 0.2) is 24.5 Å². The molecule has 2 aromatic rings. The summed E-state index contributed by atoms with van der Waals surface area (Å²) in [4.78, 5) is 7.71. The van der Waals surface area contributed by atoms with Crippen LogP contribution in [0.5, 0.6) is 5.75 Å². The van der Waals surface area contributed by atoms with Gasteiger partial charge in [0.2, 0.25) is 5.82 Å². The van der Waals surface area contributed by atoms with Crippen molar-refractivity contribution in [1.82, 2.24) is 9.97 Å². The van der Waals surface area contributed by atoms with Crippen LogP contribution in [-0.2, 0) is 10.8 Å². The molecular weight excluding hydrogens is 517 g/mol. The van der Waals surface area contributed by atoms with E-state index in [1.807, 2.05) is 0 Å². The van der Waals surface area contributed by atoms with E-state index in [2.05, 4.69) is 21.6 Å². The van der Waals surface area contributed by atoms with E-state index in [0.717, 1.165) is 37.7 Å². The Hall–Kier alpha value is -2.43. The number of hydrogen-bond acceptors (Lipinski definition) is 4. The van der Waals surface area contributed by atoms with Crippen molar-refractivity contribution in [3.8, 4) is 5.75 Å². The maximum atomic E-state index is 14.8. The third kappa shape index (κ3) is 6.76. The van der Waals surface area contributed by atoms with Gasteiger partial charge in [-0.3, -0.25) is 0 Å². The monoisotopic (exact) mass is 548 g/mol. The molecule has 1 aromatic heterocycles. The fraction of sp³-hybridized carbons (Fsp3) is 0.630. The molecule has 2 saturated carbocycles. The van der Waals surface area contributed by atoms with Gasteiger partial charge in [-0.2, -0.15) is 17.6 Å². The molecule has 2 aliphatic rings. The lowest BCUT2D eigenvalue weighted by atomic mass is 9.78. The molecule has 0 saturated heterocycles. The summed E-state index contributed by atoms with van der Waals surface area (Å²) in [7, 11) is 0. The zero-order valence-corrected chi connectivity index (χ0v) is 21.0. The van der Waals surface area contributed by atoms with Crippen LogP contribution in [0.1, 0.15) is 88.4 Å². The molecule has 0 bridgehead atoms. The predicted molar refractivity (Wildman–Crippen MR) is 124 cm³/mol. The first-order valence-electron chi connectivity index (χ1n) is 13.1. The summed E-state index contributed by atoms with van der Waals surface area (Å²) in [5.41, 5.74) is 0.822. The number of rotatable bonds is 9. The number of nitrogens with zero attached hydrogens (tertiary/aromatic N) is 2. The lowest BCUT2D eigenvalue weighted by Crippen LogP contribution is -2.39. The zero-order valence-electron chi connectivity index (χ0n) is 21.0. The van der Waals surface area contributed by atoms with Crippen LogP contribution in [0.4, 0.5) is 30.7 Å². The molecule has 0 N–H and O–H groups in total. The molecular formula is C27H31F7N2O2. The van der Waals surface area contributed by atoms with Crippen molar-refractivity contribution in [2.24, 2.45) is 11.8 Å². The Morgan fingerprint density at radius 3 is 1.97 bits per heavy atom. The van der Waals surface area contributed by atoms with Crippen LogP contribution in [0.2, 0.25) is 0 Å². The molecule has 11 heteroatoms. The van der Waals surface area contributed by atoms with Crippen molar-refractivity contribution >= 4 is 0 Å². The topological polar surface area (TPSA) is 44.2 Å². The van der Waals surface area contributed by atoms with Gasteiger partial charge >= 0.3 is 12.2 Å². The minimum Gasteiger partial charge on any atom is -0.432 e. The molecule has 210 valence electrons. The fourth-order valence-electron chi connectivity index (χ4n) is 5.50. The minimum atomic E-state index is -3.85. The summed E-state index contributed by atoms with van der Waals surface area (Å²) >= 11 is 0. The molecule has 0 amide bonds. The molecule has 0 atom stereocenters. The number of benzene rings is 1. The van der Waals surface area contributed by atoms with E-state index in [9.17, 15) is 30.7 Å². The molecule has 38 heavy (non-hydrogen) atoms. The van der Waals surface area contributed by atoms with Gasteiger partial charge in [-0.25, -0.2) is 23.1 Å². The Morgan fingerprint density at radius 1 is 0.842 bits per heavy atom. The van der Waals surface area contributed by atoms with E-state index >= 15 is 0 Å². The first-order chi connectivity index (χ1) is 18.0. The first kappa shape index (κ1) is 28.6. The average molecular weight is 549 g/mol. The molecule has 4 rings (SSSR count). The molecule has 2 aliphatic carbocycles. The molecule has 0 spiro atoms. The van der Waals surface area contributed by atoms with Crippen molar-refractivity contribution in [2.45, 2.75) is 95.4 Å². The van der Waals surface area contributed by atoms with E-state index < -0.39 is 53.3 Å². The average Bonchev–Trinajstić information content (AvgIpc) is 2.88. The zero-order chi connectivity index (χ0) is 27.5. The highest BCUT2D eigenvalue weighted by Gasteiger charge is 2.47. The lowest BCUT2D eigenvalue weighted by molar-refractivity contribution is -0.289. The maximum absolute atomic E-state index is 14.8. The molecule has 0 unspecified atom stereocenters. The second kappa shape index (κ2) is 11.8. The van der Waals surface area contributed by atoms with E-state index in [1.54, 1.807) is 0 Å².